The second kappa shape index (κ2) is 8.79. The van der Waals surface area contributed by atoms with Gasteiger partial charge in [-0.05, 0) is 32.5 Å². The Balaban J connectivity index is 2.04. The molecule has 0 aromatic heterocycles. The second-order valence-electron chi connectivity index (χ2n) is 6.19. The van der Waals surface area contributed by atoms with Gasteiger partial charge in [-0.15, -0.1) is 0 Å². The van der Waals surface area contributed by atoms with Crippen LogP contribution in [0.2, 0.25) is 0 Å². The Hall–Kier alpha value is -1.72. The molecule has 126 valence electrons. The Labute approximate surface area is 140 Å². The molecule has 1 heterocycles. The maximum absolute atomic E-state index is 4.31. The van der Waals surface area contributed by atoms with Crippen LogP contribution in [-0.4, -0.2) is 61.1 Å². The molecule has 0 saturated carbocycles. The third-order valence-electron chi connectivity index (χ3n) is 4.49. The van der Waals surface area contributed by atoms with Gasteiger partial charge in [0.25, 0.3) is 0 Å². The lowest BCUT2D eigenvalue weighted by molar-refractivity contribution is 0.191. The lowest BCUT2D eigenvalue weighted by Crippen LogP contribution is -2.40. The smallest absolute Gasteiger partial charge is 0.0679 e. The largest absolute Gasteiger partial charge is 0.305 e. The molecule has 5 heteroatoms. The van der Waals surface area contributed by atoms with Gasteiger partial charge in [-0.3, -0.25) is 4.90 Å². The highest BCUT2D eigenvalue weighted by Crippen LogP contribution is 2.19. The monoisotopic (exact) mass is 315 g/mol. The fraction of sp³-hybridized carbons (Fsp3) is 0.556. The molecule has 1 atom stereocenters. The zero-order chi connectivity index (χ0) is 16.7. The molecule has 0 spiro atoms. The molecule has 1 unspecified atom stereocenters. The van der Waals surface area contributed by atoms with Crippen molar-refractivity contribution in [2.24, 2.45) is 10.3 Å². The van der Waals surface area contributed by atoms with Crippen molar-refractivity contribution in [2.75, 3.05) is 40.3 Å². The average Bonchev–Trinajstić information content (AvgIpc) is 2.79. The van der Waals surface area contributed by atoms with Crippen LogP contribution in [0.1, 0.15) is 18.9 Å². The second-order valence-corrected chi connectivity index (χ2v) is 6.19. The number of hydrogen-bond acceptors (Lipinski definition) is 4. The third-order valence-corrected chi connectivity index (χ3v) is 4.49. The highest BCUT2D eigenvalue weighted by Gasteiger charge is 2.23. The summed E-state index contributed by atoms with van der Waals surface area (Å²) in [5.74, 6) is 0. The molecule has 5 nitrogen and oxygen atoms in total. The van der Waals surface area contributed by atoms with E-state index in [1.165, 1.54) is 12.0 Å². The molecule has 1 fully saturated rings. The molecule has 1 aliphatic rings. The fourth-order valence-electron chi connectivity index (χ4n) is 2.94. The van der Waals surface area contributed by atoms with Crippen LogP contribution in [0.5, 0.6) is 0 Å². The minimum absolute atomic E-state index is 0.260. The van der Waals surface area contributed by atoms with E-state index in [2.05, 4.69) is 52.8 Å². The number of benzene rings is 1. The van der Waals surface area contributed by atoms with Crippen molar-refractivity contribution in [3.05, 3.63) is 48.2 Å². The van der Waals surface area contributed by atoms with Crippen LogP contribution in [0.15, 0.2) is 52.9 Å². The van der Waals surface area contributed by atoms with E-state index >= 15 is 0 Å². The molecule has 0 aliphatic carbocycles. The molecule has 2 rings (SSSR count). The molecule has 1 aliphatic heterocycles. The van der Waals surface area contributed by atoms with Crippen LogP contribution in [0, 0.1) is 0 Å². The van der Waals surface area contributed by atoms with Crippen molar-refractivity contribution in [1.82, 2.24) is 14.8 Å². The van der Waals surface area contributed by atoms with Gasteiger partial charge in [0.15, 0.2) is 0 Å². The van der Waals surface area contributed by atoms with Crippen LogP contribution in [0.4, 0.5) is 0 Å². The number of nitrogens with zero attached hydrogens (tertiary/aromatic N) is 5. The first-order chi connectivity index (χ1) is 11.1. The van der Waals surface area contributed by atoms with Crippen LogP contribution in [0.25, 0.3) is 0 Å². The summed E-state index contributed by atoms with van der Waals surface area (Å²) in [5, 5.41) is 10.2. The summed E-state index contributed by atoms with van der Waals surface area (Å²) in [6.07, 6.45) is 1.20. The number of rotatable bonds is 6. The van der Waals surface area contributed by atoms with E-state index in [1.807, 2.05) is 23.2 Å². The molecule has 0 bridgehead atoms. The lowest BCUT2D eigenvalue weighted by atomic mass is 10.1. The van der Waals surface area contributed by atoms with Gasteiger partial charge in [0.1, 0.15) is 0 Å². The van der Waals surface area contributed by atoms with E-state index in [9.17, 15) is 0 Å². The topological polar surface area (TPSA) is 34.4 Å². The molecule has 0 N–H and O–H groups in total. The van der Waals surface area contributed by atoms with Crippen LogP contribution >= 0.6 is 0 Å². The Morgan fingerprint density at radius 2 is 1.96 bits per heavy atom. The van der Waals surface area contributed by atoms with Crippen LogP contribution in [0.3, 0.4) is 0 Å². The molecular formula is C18H29N5. The average molecular weight is 315 g/mol. The van der Waals surface area contributed by atoms with Crippen molar-refractivity contribution >= 4 is 0 Å². The summed E-state index contributed by atoms with van der Waals surface area (Å²) < 4.78 is 0. The van der Waals surface area contributed by atoms with Gasteiger partial charge >= 0.3 is 0 Å². The SMILES string of the molecule is C=C(C(C)N1CCCN(C)CC1)N(Cc1ccccc1)N=NC. The van der Waals surface area contributed by atoms with Crippen molar-refractivity contribution in [1.29, 1.82) is 0 Å². The zero-order valence-electron chi connectivity index (χ0n) is 14.6. The van der Waals surface area contributed by atoms with E-state index in [0.29, 0.717) is 6.54 Å². The molecule has 0 amide bonds. The van der Waals surface area contributed by atoms with Gasteiger partial charge in [-0.1, -0.05) is 42.1 Å². The van der Waals surface area contributed by atoms with Gasteiger partial charge in [-0.2, -0.15) is 5.11 Å². The van der Waals surface area contributed by atoms with Gasteiger partial charge in [0, 0.05) is 31.4 Å². The normalized spacial score (nSPS) is 18.7. The summed E-state index contributed by atoms with van der Waals surface area (Å²) in [5.41, 5.74) is 2.22. The highest BCUT2D eigenvalue weighted by molar-refractivity contribution is 5.16. The first-order valence-electron chi connectivity index (χ1n) is 8.34. The molecule has 23 heavy (non-hydrogen) atoms. The van der Waals surface area contributed by atoms with Gasteiger partial charge in [0.2, 0.25) is 0 Å². The van der Waals surface area contributed by atoms with Crippen LogP contribution in [-0.2, 0) is 6.54 Å². The molecular weight excluding hydrogens is 286 g/mol. The maximum Gasteiger partial charge on any atom is 0.0679 e. The quantitative estimate of drug-likeness (QED) is 0.598. The summed E-state index contributed by atoms with van der Waals surface area (Å²) >= 11 is 0. The minimum atomic E-state index is 0.260. The van der Waals surface area contributed by atoms with E-state index < -0.39 is 0 Å². The number of hydrogen-bond donors (Lipinski definition) is 0. The first-order valence-corrected chi connectivity index (χ1v) is 8.34. The summed E-state index contributed by atoms with van der Waals surface area (Å²) in [6, 6.07) is 10.6. The molecule has 0 radical (unpaired) electrons. The number of likely N-dealkylation sites (N-methyl/N-ethyl adjacent to an activating group) is 1. The lowest BCUT2D eigenvalue weighted by Gasteiger charge is -2.32. The van der Waals surface area contributed by atoms with Gasteiger partial charge < -0.3 is 4.90 Å². The Kier molecular flexibility index (Phi) is 6.74. The van der Waals surface area contributed by atoms with Crippen molar-refractivity contribution in [2.45, 2.75) is 25.9 Å². The van der Waals surface area contributed by atoms with Crippen molar-refractivity contribution in [3.63, 3.8) is 0 Å². The van der Waals surface area contributed by atoms with Crippen molar-refractivity contribution < 1.29 is 0 Å². The van der Waals surface area contributed by atoms with Gasteiger partial charge in [-0.25, -0.2) is 5.01 Å². The molecule has 1 saturated heterocycles. The summed E-state index contributed by atoms with van der Waals surface area (Å²) in [6.45, 7) is 11.7. The van der Waals surface area contributed by atoms with E-state index in [1.54, 1.807) is 7.05 Å². The molecule has 1 aromatic carbocycles. The Morgan fingerprint density at radius 1 is 1.22 bits per heavy atom. The van der Waals surface area contributed by atoms with Gasteiger partial charge in [0.05, 0.1) is 13.6 Å². The Morgan fingerprint density at radius 3 is 2.65 bits per heavy atom. The first kappa shape index (κ1) is 17.6. The third kappa shape index (κ3) is 5.15. The molecule has 1 aromatic rings. The Bertz CT molecular complexity index is 513. The van der Waals surface area contributed by atoms with Crippen molar-refractivity contribution in [3.8, 4) is 0 Å². The zero-order valence-corrected chi connectivity index (χ0v) is 14.6. The van der Waals surface area contributed by atoms with E-state index in [-0.39, 0.29) is 6.04 Å². The predicted molar refractivity (Wildman–Crippen MR) is 95.1 cm³/mol. The van der Waals surface area contributed by atoms with Crippen LogP contribution < -0.4 is 0 Å². The minimum Gasteiger partial charge on any atom is -0.305 e. The predicted octanol–water partition coefficient (Wildman–Crippen LogP) is 3.03. The summed E-state index contributed by atoms with van der Waals surface area (Å²) in [7, 11) is 3.90. The highest BCUT2D eigenvalue weighted by atomic mass is 15.5. The standard InChI is InChI=1S/C18H29N5/c1-16(22-12-8-11-21(4)13-14-22)17(2)23(20-19-3)15-18-9-6-5-7-10-18/h5-7,9-10,16H,2,8,11-15H2,1,3-4H3. The fourth-order valence-corrected chi connectivity index (χ4v) is 2.94. The maximum atomic E-state index is 4.31. The van der Waals surface area contributed by atoms with E-state index in [0.717, 1.165) is 31.9 Å². The van der Waals surface area contributed by atoms with E-state index in [4.69, 9.17) is 0 Å². The summed E-state index contributed by atoms with van der Waals surface area (Å²) in [4.78, 5) is 4.89.